The van der Waals surface area contributed by atoms with Crippen molar-refractivity contribution in [2.75, 3.05) is 5.43 Å². The molecule has 0 aliphatic heterocycles. The van der Waals surface area contributed by atoms with Gasteiger partial charge in [0, 0.05) is 11.1 Å². The van der Waals surface area contributed by atoms with Gasteiger partial charge in [0.05, 0.1) is 10.7 Å². The van der Waals surface area contributed by atoms with Crippen LogP contribution < -0.4 is 16.0 Å². The number of hydrazine groups is 1. The number of hydrogen-bond donors (Lipinski definition) is 2. The Kier molecular flexibility index (Phi) is 4.25. The summed E-state index contributed by atoms with van der Waals surface area (Å²) in [6.07, 6.45) is 0. The standard InChI is InChI=1S/C12H11Cl2N3O/c13-8-4-5-10(14)11(6-8)18-7-9-2-1-3-12(16-9)17-15/h1-6H,7,15H2,(H,16,17). The number of hydrogen-bond acceptors (Lipinski definition) is 4. The first-order chi connectivity index (χ1) is 8.69. The lowest BCUT2D eigenvalue weighted by Gasteiger charge is -2.08. The highest BCUT2D eigenvalue weighted by Crippen LogP contribution is 2.28. The molecule has 0 aliphatic rings. The molecule has 0 bridgehead atoms. The quantitative estimate of drug-likeness (QED) is 0.668. The maximum Gasteiger partial charge on any atom is 0.140 e. The van der Waals surface area contributed by atoms with E-state index in [0.29, 0.717) is 21.6 Å². The molecule has 0 saturated carbocycles. The van der Waals surface area contributed by atoms with Gasteiger partial charge in [0.25, 0.3) is 0 Å². The Balaban J connectivity index is 2.08. The van der Waals surface area contributed by atoms with Crippen LogP contribution in [0.2, 0.25) is 10.0 Å². The van der Waals surface area contributed by atoms with E-state index >= 15 is 0 Å². The topological polar surface area (TPSA) is 60.2 Å². The van der Waals surface area contributed by atoms with Crippen LogP contribution in [0.15, 0.2) is 36.4 Å². The zero-order chi connectivity index (χ0) is 13.0. The Morgan fingerprint density at radius 3 is 2.83 bits per heavy atom. The van der Waals surface area contributed by atoms with Gasteiger partial charge in [0.15, 0.2) is 0 Å². The van der Waals surface area contributed by atoms with Gasteiger partial charge in [0.1, 0.15) is 18.2 Å². The highest BCUT2D eigenvalue weighted by atomic mass is 35.5. The van der Waals surface area contributed by atoms with Gasteiger partial charge < -0.3 is 10.2 Å². The van der Waals surface area contributed by atoms with E-state index in [0.717, 1.165) is 5.69 Å². The smallest absolute Gasteiger partial charge is 0.140 e. The van der Waals surface area contributed by atoms with Crippen LogP contribution in [0.3, 0.4) is 0 Å². The van der Waals surface area contributed by atoms with Crippen molar-refractivity contribution in [3.63, 3.8) is 0 Å². The summed E-state index contributed by atoms with van der Waals surface area (Å²) >= 11 is 11.9. The van der Waals surface area contributed by atoms with Gasteiger partial charge >= 0.3 is 0 Å². The number of nitrogens with two attached hydrogens (primary N) is 1. The summed E-state index contributed by atoms with van der Waals surface area (Å²) in [5.41, 5.74) is 3.21. The van der Waals surface area contributed by atoms with Crippen LogP contribution in [-0.4, -0.2) is 4.98 Å². The molecule has 0 unspecified atom stereocenters. The summed E-state index contributed by atoms with van der Waals surface area (Å²) in [6, 6.07) is 10.5. The summed E-state index contributed by atoms with van der Waals surface area (Å²) < 4.78 is 5.56. The minimum Gasteiger partial charge on any atom is -0.486 e. The second-order valence-electron chi connectivity index (χ2n) is 3.52. The van der Waals surface area contributed by atoms with Crippen LogP contribution in [0.1, 0.15) is 5.69 Å². The summed E-state index contributed by atoms with van der Waals surface area (Å²) in [5.74, 6) is 6.38. The second-order valence-corrected chi connectivity index (χ2v) is 4.37. The minimum absolute atomic E-state index is 0.287. The van der Waals surface area contributed by atoms with Crippen molar-refractivity contribution in [2.45, 2.75) is 6.61 Å². The number of ether oxygens (including phenoxy) is 1. The van der Waals surface area contributed by atoms with Crippen LogP contribution >= 0.6 is 23.2 Å². The molecule has 2 rings (SSSR count). The Hall–Kier alpha value is -1.49. The molecule has 0 radical (unpaired) electrons. The molecule has 4 nitrogen and oxygen atoms in total. The van der Waals surface area contributed by atoms with Gasteiger partial charge in [-0.15, -0.1) is 0 Å². The first-order valence-electron chi connectivity index (χ1n) is 5.19. The number of nitrogens with one attached hydrogen (secondary N) is 1. The number of halogens is 2. The normalized spacial score (nSPS) is 10.2. The molecule has 18 heavy (non-hydrogen) atoms. The third-order valence-corrected chi connectivity index (χ3v) is 2.77. The van der Waals surface area contributed by atoms with E-state index in [4.69, 9.17) is 33.8 Å². The number of nitrogens with zero attached hydrogens (tertiary/aromatic N) is 1. The van der Waals surface area contributed by atoms with E-state index in [1.54, 1.807) is 24.3 Å². The molecule has 3 N–H and O–H groups in total. The van der Waals surface area contributed by atoms with E-state index in [-0.39, 0.29) is 6.61 Å². The highest BCUT2D eigenvalue weighted by Gasteiger charge is 2.04. The molecule has 0 spiro atoms. The molecular weight excluding hydrogens is 273 g/mol. The van der Waals surface area contributed by atoms with E-state index in [1.165, 1.54) is 0 Å². The van der Waals surface area contributed by atoms with Crippen molar-refractivity contribution in [1.82, 2.24) is 4.98 Å². The van der Waals surface area contributed by atoms with Gasteiger partial charge in [-0.3, -0.25) is 0 Å². The molecular formula is C12H11Cl2N3O. The van der Waals surface area contributed by atoms with E-state index in [2.05, 4.69) is 10.4 Å². The van der Waals surface area contributed by atoms with Gasteiger partial charge in [-0.1, -0.05) is 29.3 Å². The summed E-state index contributed by atoms with van der Waals surface area (Å²) in [6.45, 7) is 0.287. The molecule has 0 aliphatic carbocycles. The molecule has 1 heterocycles. The van der Waals surface area contributed by atoms with Crippen molar-refractivity contribution in [1.29, 1.82) is 0 Å². The molecule has 0 saturated heterocycles. The fraction of sp³-hybridized carbons (Fsp3) is 0.0833. The number of pyridine rings is 1. The van der Waals surface area contributed by atoms with Crippen LogP contribution in [0, 0.1) is 0 Å². The SMILES string of the molecule is NNc1cccc(COc2cc(Cl)ccc2Cl)n1. The Bertz CT molecular complexity index is 549. The number of aromatic nitrogens is 1. The number of anilines is 1. The maximum absolute atomic E-state index is 5.98. The lowest BCUT2D eigenvalue weighted by molar-refractivity contribution is 0.301. The summed E-state index contributed by atoms with van der Waals surface area (Å²) in [4.78, 5) is 4.22. The number of rotatable bonds is 4. The largest absolute Gasteiger partial charge is 0.486 e. The van der Waals surface area contributed by atoms with Crippen LogP contribution in [-0.2, 0) is 6.61 Å². The fourth-order valence-electron chi connectivity index (χ4n) is 1.38. The van der Waals surface area contributed by atoms with E-state index in [1.807, 2.05) is 12.1 Å². The highest BCUT2D eigenvalue weighted by molar-refractivity contribution is 6.34. The lowest BCUT2D eigenvalue weighted by Crippen LogP contribution is -2.09. The first-order valence-corrected chi connectivity index (χ1v) is 5.95. The Labute approximate surface area is 115 Å². The first kappa shape index (κ1) is 13.0. The van der Waals surface area contributed by atoms with Crippen LogP contribution in [0.25, 0.3) is 0 Å². The van der Waals surface area contributed by atoms with E-state index < -0.39 is 0 Å². The lowest BCUT2D eigenvalue weighted by atomic mass is 10.3. The van der Waals surface area contributed by atoms with Crippen molar-refractivity contribution in [3.05, 3.63) is 52.1 Å². The zero-order valence-electron chi connectivity index (χ0n) is 9.36. The second kappa shape index (κ2) is 5.91. The molecule has 0 atom stereocenters. The summed E-state index contributed by atoms with van der Waals surface area (Å²) in [5, 5.41) is 1.08. The van der Waals surface area contributed by atoms with E-state index in [9.17, 15) is 0 Å². The van der Waals surface area contributed by atoms with Crippen molar-refractivity contribution in [3.8, 4) is 5.75 Å². The minimum atomic E-state index is 0.287. The van der Waals surface area contributed by atoms with Gasteiger partial charge in [-0.25, -0.2) is 10.8 Å². The van der Waals surface area contributed by atoms with Crippen LogP contribution in [0.4, 0.5) is 5.82 Å². The third kappa shape index (κ3) is 3.26. The molecule has 6 heteroatoms. The molecule has 1 aromatic heterocycles. The monoisotopic (exact) mass is 283 g/mol. The predicted octanol–water partition coefficient (Wildman–Crippen LogP) is 3.25. The fourth-order valence-corrected chi connectivity index (χ4v) is 1.71. The Morgan fingerprint density at radius 1 is 1.22 bits per heavy atom. The average molecular weight is 284 g/mol. The van der Waals surface area contributed by atoms with Gasteiger partial charge in [-0.05, 0) is 24.3 Å². The number of nitrogen functional groups attached to an aromatic ring is 1. The Morgan fingerprint density at radius 2 is 2.06 bits per heavy atom. The summed E-state index contributed by atoms with van der Waals surface area (Å²) in [7, 11) is 0. The average Bonchev–Trinajstić information content (AvgIpc) is 2.40. The van der Waals surface area contributed by atoms with Crippen molar-refractivity contribution < 1.29 is 4.74 Å². The molecule has 2 aromatic rings. The van der Waals surface area contributed by atoms with Gasteiger partial charge in [0.2, 0.25) is 0 Å². The molecule has 0 fully saturated rings. The molecule has 94 valence electrons. The van der Waals surface area contributed by atoms with Crippen molar-refractivity contribution in [2.24, 2.45) is 5.84 Å². The van der Waals surface area contributed by atoms with Crippen LogP contribution in [0.5, 0.6) is 5.75 Å². The van der Waals surface area contributed by atoms with Gasteiger partial charge in [-0.2, -0.15) is 0 Å². The number of benzene rings is 1. The third-order valence-electron chi connectivity index (χ3n) is 2.22. The molecule has 0 amide bonds. The maximum atomic E-state index is 5.98. The zero-order valence-corrected chi connectivity index (χ0v) is 10.9. The predicted molar refractivity (Wildman–Crippen MR) is 72.8 cm³/mol. The van der Waals surface area contributed by atoms with Crippen molar-refractivity contribution >= 4 is 29.0 Å². The molecule has 1 aromatic carbocycles.